The molecule has 0 aromatic carbocycles. The Labute approximate surface area is 87.2 Å². The lowest BCUT2D eigenvalue weighted by molar-refractivity contribution is 0.343. The highest BCUT2D eigenvalue weighted by Crippen LogP contribution is 2.44. The molecule has 0 amide bonds. The van der Waals surface area contributed by atoms with Crippen molar-refractivity contribution in [2.75, 3.05) is 13.3 Å². The molecule has 0 saturated heterocycles. The van der Waals surface area contributed by atoms with Crippen LogP contribution in [0.3, 0.4) is 0 Å². The first kappa shape index (κ1) is 12.0. The molecule has 1 saturated carbocycles. The predicted octanol–water partition coefficient (Wildman–Crippen LogP) is 4.02. The molecule has 1 aliphatic rings. The minimum Gasteiger partial charge on any atom is -0.326 e. The van der Waals surface area contributed by atoms with Crippen molar-refractivity contribution in [1.82, 2.24) is 0 Å². The SMILES string of the molecule is CCOP(C)(=O)/C=C/C1CCCCC1. The fourth-order valence-electron chi connectivity index (χ4n) is 1.90. The van der Waals surface area contributed by atoms with E-state index in [9.17, 15) is 4.57 Å². The second kappa shape index (κ2) is 5.72. The van der Waals surface area contributed by atoms with Crippen molar-refractivity contribution >= 4 is 7.37 Å². The molecule has 82 valence electrons. The van der Waals surface area contributed by atoms with Gasteiger partial charge in [-0.1, -0.05) is 25.3 Å². The molecule has 1 unspecified atom stereocenters. The van der Waals surface area contributed by atoms with Crippen LogP contribution in [0.25, 0.3) is 0 Å². The largest absolute Gasteiger partial charge is 0.326 e. The fraction of sp³-hybridized carbons (Fsp3) is 0.818. The van der Waals surface area contributed by atoms with E-state index < -0.39 is 7.37 Å². The Bertz CT molecular complexity index is 229. The van der Waals surface area contributed by atoms with Gasteiger partial charge < -0.3 is 4.52 Å². The van der Waals surface area contributed by atoms with E-state index in [0.29, 0.717) is 12.5 Å². The average molecular weight is 216 g/mol. The van der Waals surface area contributed by atoms with Crippen LogP contribution in [-0.4, -0.2) is 13.3 Å². The third kappa shape index (κ3) is 4.43. The lowest BCUT2D eigenvalue weighted by Crippen LogP contribution is -2.02. The summed E-state index contributed by atoms with van der Waals surface area (Å²) >= 11 is 0. The van der Waals surface area contributed by atoms with Gasteiger partial charge >= 0.3 is 0 Å². The van der Waals surface area contributed by atoms with Gasteiger partial charge in [-0.3, -0.25) is 4.57 Å². The zero-order valence-corrected chi connectivity index (χ0v) is 10.1. The summed E-state index contributed by atoms with van der Waals surface area (Å²) in [6.07, 6.45) is 8.61. The van der Waals surface area contributed by atoms with Crippen molar-refractivity contribution in [2.45, 2.75) is 39.0 Å². The summed E-state index contributed by atoms with van der Waals surface area (Å²) in [5.74, 6) is 2.43. The van der Waals surface area contributed by atoms with Crippen LogP contribution in [0.4, 0.5) is 0 Å². The fourth-order valence-corrected chi connectivity index (χ4v) is 3.06. The maximum absolute atomic E-state index is 11.7. The third-order valence-electron chi connectivity index (χ3n) is 2.66. The van der Waals surface area contributed by atoms with Gasteiger partial charge in [-0.25, -0.2) is 0 Å². The lowest BCUT2D eigenvalue weighted by Gasteiger charge is -2.18. The smallest absolute Gasteiger partial charge is 0.221 e. The first-order valence-electron chi connectivity index (χ1n) is 5.55. The van der Waals surface area contributed by atoms with Crippen molar-refractivity contribution < 1.29 is 9.09 Å². The number of rotatable bonds is 4. The molecular weight excluding hydrogens is 195 g/mol. The molecule has 0 aromatic rings. The first-order valence-corrected chi connectivity index (χ1v) is 7.69. The van der Waals surface area contributed by atoms with Crippen LogP contribution >= 0.6 is 7.37 Å². The molecule has 0 aromatic heterocycles. The van der Waals surface area contributed by atoms with E-state index in [-0.39, 0.29) is 0 Å². The van der Waals surface area contributed by atoms with Gasteiger partial charge in [0.05, 0.1) is 6.61 Å². The van der Waals surface area contributed by atoms with E-state index in [0.717, 1.165) is 0 Å². The molecule has 1 atom stereocenters. The van der Waals surface area contributed by atoms with Gasteiger partial charge in [-0.05, 0) is 31.5 Å². The van der Waals surface area contributed by atoms with E-state index in [4.69, 9.17) is 4.52 Å². The monoisotopic (exact) mass is 216 g/mol. The Morgan fingerprint density at radius 3 is 2.57 bits per heavy atom. The summed E-state index contributed by atoms with van der Waals surface area (Å²) in [5, 5.41) is 0. The van der Waals surface area contributed by atoms with Gasteiger partial charge in [0.1, 0.15) is 0 Å². The molecule has 3 heteroatoms. The number of allylic oxidation sites excluding steroid dienone is 1. The average Bonchev–Trinajstić information content (AvgIpc) is 2.17. The molecule has 0 heterocycles. The first-order chi connectivity index (χ1) is 6.64. The van der Waals surface area contributed by atoms with Gasteiger partial charge in [-0.2, -0.15) is 0 Å². The van der Waals surface area contributed by atoms with Crippen molar-refractivity contribution in [1.29, 1.82) is 0 Å². The van der Waals surface area contributed by atoms with Gasteiger partial charge in [0.15, 0.2) is 0 Å². The zero-order valence-electron chi connectivity index (χ0n) is 9.24. The molecule has 1 fully saturated rings. The van der Waals surface area contributed by atoms with E-state index in [1.165, 1.54) is 32.1 Å². The Balaban J connectivity index is 2.40. The highest BCUT2D eigenvalue weighted by molar-refractivity contribution is 7.61. The third-order valence-corrected chi connectivity index (χ3v) is 4.15. The second-order valence-electron chi connectivity index (χ2n) is 4.07. The van der Waals surface area contributed by atoms with Gasteiger partial charge in [0.2, 0.25) is 7.37 Å². The zero-order chi connectivity index (χ0) is 10.4. The number of hydrogen-bond donors (Lipinski definition) is 0. The summed E-state index contributed by atoms with van der Waals surface area (Å²) in [6, 6.07) is 0. The lowest BCUT2D eigenvalue weighted by atomic mass is 9.90. The van der Waals surface area contributed by atoms with Crippen LogP contribution in [0, 0.1) is 5.92 Å². The van der Waals surface area contributed by atoms with E-state index >= 15 is 0 Å². The van der Waals surface area contributed by atoms with Crippen LogP contribution in [-0.2, 0) is 9.09 Å². The van der Waals surface area contributed by atoms with Crippen LogP contribution in [0.5, 0.6) is 0 Å². The maximum atomic E-state index is 11.7. The Morgan fingerprint density at radius 1 is 1.36 bits per heavy atom. The summed E-state index contributed by atoms with van der Waals surface area (Å²) in [5.41, 5.74) is 0. The standard InChI is InChI=1S/C11H21O2P/c1-3-13-14(2,12)10-9-11-7-5-4-6-8-11/h9-11H,3-8H2,1-2H3/b10-9+. The second-order valence-corrected chi connectivity index (χ2v) is 6.44. The summed E-state index contributed by atoms with van der Waals surface area (Å²) in [6.45, 7) is 4.10. The quantitative estimate of drug-likeness (QED) is 0.663. The van der Waals surface area contributed by atoms with Crippen molar-refractivity contribution in [3.05, 3.63) is 11.9 Å². The van der Waals surface area contributed by atoms with Crippen LogP contribution in [0.1, 0.15) is 39.0 Å². The maximum Gasteiger partial charge on any atom is 0.221 e. The minimum absolute atomic E-state index is 0.531. The van der Waals surface area contributed by atoms with E-state index in [1.54, 1.807) is 12.5 Å². The van der Waals surface area contributed by atoms with E-state index in [2.05, 4.69) is 6.08 Å². The van der Waals surface area contributed by atoms with Crippen molar-refractivity contribution in [3.63, 3.8) is 0 Å². The summed E-state index contributed by atoms with van der Waals surface area (Å²) in [4.78, 5) is 0. The molecule has 1 aliphatic carbocycles. The predicted molar refractivity (Wildman–Crippen MR) is 60.9 cm³/mol. The molecule has 0 radical (unpaired) electrons. The molecule has 1 rings (SSSR count). The van der Waals surface area contributed by atoms with Crippen molar-refractivity contribution in [3.8, 4) is 0 Å². The molecule has 0 aliphatic heterocycles. The van der Waals surface area contributed by atoms with Crippen LogP contribution in [0.15, 0.2) is 11.9 Å². The van der Waals surface area contributed by atoms with Gasteiger partial charge in [-0.15, -0.1) is 0 Å². The Morgan fingerprint density at radius 2 is 2.00 bits per heavy atom. The molecule has 2 nitrogen and oxygen atoms in total. The Hall–Kier alpha value is -0.0700. The van der Waals surface area contributed by atoms with Crippen LogP contribution in [0.2, 0.25) is 0 Å². The normalized spacial score (nSPS) is 23.9. The highest BCUT2D eigenvalue weighted by Gasteiger charge is 2.13. The molecule has 14 heavy (non-hydrogen) atoms. The molecular formula is C11H21O2P. The Kier molecular flexibility index (Phi) is 4.91. The number of hydrogen-bond acceptors (Lipinski definition) is 2. The summed E-state index contributed by atoms with van der Waals surface area (Å²) in [7, 11) is -2.44. The molecule has 0 N–H and O–H groups in total. The molecule has 0 spiro atoms. The topological polar surface area (TPSA) is 26.3 Å². The minimum atomic E-state index is -2.44. The van der Waals surface area contributed by atoms with E-state index in [1.807, 2.05) is 6.92 Å². The summed E-state index contributed by atoms with van der Waals surface area (Å²) < 4.78 is 16.9. The van der Waals surface area contributed by atoms with Gasteiger partial charge in [0.25, 0.3) is 0 Å². The molecule has 0 bridgehead atoms. The van der Waals surface area contributed by atoms with Crippen LogP contribution < -0.4 is 0 Å². The van der Waals surface area contributed by atoms with Gasteiger partial charge in [0, 0.05) is 6.66 Å². The van der Waals surface area contributed by atoms with Crippen molar-refractivity contribution in [2.24, 2.45) is 5.92 Å². The highest BCUT2D eigenvalue weighted by atomic mass is 31.2.